The van der Waals surface area contributed by atoms with E-state index >= 15 is 0 Å². The molecule has 2 saturated carbocycles. The van der Waals surface area contributed by atoms with Crippen LogP contribution in [-0.2, 0) is 10.0 Å². The third-order valence-corrected chi connectivity index (χ3v) is 8.03. The van der Waals surface area contributed by atoms with Gasteiger partial charge in [0, 0.05) is 17.3 Å². The van der Waals surface area contributed by atoms with E-state index in [9.17, 15) is 17.6 Å². The largest absolute Gasteiger partial charge is 0.349 e. The van der Waals surface area contributed by atoms with E-state index in [0.29, 0.717) is 23.0 Å². The maximum Gasteiger partial charge on any atom is 0.261 e. The number of hydrogen-bond acceptors (Lipinski definition) is 3. The quantitative estimate of drug-likeness (QED) is 0.709. The number of anilines is 1. The van der Waals surface area contributed by atoms with Crippen LogP contribution in [0.25, 0.3) is 0 Å². The Hall–Kier alpha value is -2.41. The number of carbonyl (C=O) groups excluding carboxylic acids is 1. The molecule has 160 valence electrons. The molecule has 2 aromatic rings. The van der Waals surface area contributed by atoms with Crippen molar-refractivity contribution >= 4 is 21.6 Å². The molecule has 2 bridgehead atoms. The maximum absolute atomic E-state index is 13.1. The summed E-state index contributed by atoms with van der Waals surface area (Å²) >= 11 is 0. The van der Waals surface area contributed by atoms with Gasteiger partial charge in [-0.25, -0.2) is 12.8 Å². The van der Waals surface area contributed by atoms with Gasteiger partial charge in [0.05, 0.1) is 4.90 Å². The van der Waals surface area contributed by atoms with Crippen molar-refractivity contribution in [3.63, 3.8) is 0 Å². The van der Waals surface area contributed by atoms with Crippen LogP contribution in [0.15, 0.2) is 47.4 Å². The summed E-state index contributed by atoms with van der Waals surface area (Å²) in [5.74, 6) is 1.30. The molecule has 2 aliphatic carbocycles. The van der Waals surface area contributed by atoms with Gasteiger partial charge >= 0.3 is 0 Å². The van der Waals surface area contributed by atoms with Crippen LogP contribution in [0.5, 0.6) is 0 Å². The van der Waals surface area contributed by atoms with Gasteiger partial charge in [-0.2, -0.15) is 0 Å². The average Bonchev–Trinajstić information content (AvgIpc) is 3.33. The smallest absolute Gasteiger partial charge is 0.261 e. The Morgan fingerprint density at radius 3 is 2.47 bits per heavy atom. The monoisotopic (exact) mass is 430 g/mol. The highest BCUT2D eigenvalue weighted by Crippen LogP contribution is 2.49. The van der Waals surface area contributed by atoms with E-state index in [1.807, 2.05) is 0 Å². The van der Waals surface area contributed by atoms with Gasteiger partial charge in [-0.3, -0.25) is 9.52 Å². The lowest BCUT2D eigenvalue weighted by Gasteiger charge is -2.28. The first kappa shape index (κ1) is 20.8. The minimum atomic E-state index is -3.90. The molecule has 1 amide bonds. The highest BCUT2D eigenvalue weighted by Gasteiger charge is 2.42. The highest BCUT2D eigenvalue weighted by atomic mass is 32.2. The van der Waals surface area contributed by atoms with Gasteiger partial charge < -0.3 is 5.32 Å². The zero-order valence-corrected chi connectivity index (χ0v) is 18.0. The molecule has 30 heavy (non-hydrogen) atoms. The molecular weight excluding hydrogens is 403 g/mol. The lowest BCUT2D eigenvalue weighted by Crippen LogP contribution is -2.40. The third-order valence-electron chi connectivity index (χ3n) is 6.65. The zero-order chi connectivity index (χ0) is 21.5. The Bertz CT molecular complexity index is 1050. The molecule has 0 aromatic heterocycles. The predicted molar refractivity (Wildman–Crippen MR) is 114 cm³/mol. The summed E-state index contributed by atoms with van der Waals surface area (Å²) in [6, 6.07) is 9.64. The van der Waals surface area contributed by atoms with Crippen LogP contribution in [0.1, 0.15) is 48.5 Å². The number of aryl methyl sites for hydroxylation is 1. The molecule has 0 aliphatic heterocycles. The number of hydrogen-bond donors (Lipinski definition) is 2. The molecule has 7 heteroatoms. The average molecular weight is 431 g/mol. The number of sulfonamides is 1. The molecule has 4 rings (SSSR count). The standard InChI is InChI=1S/C23H27FN2O3S/c1-14-3-10-20(30(28,29)26-19-8-6-18(24)7-9-19)13-21(14)23(27)25-15(2)22-12-16-4-5-17(22)11-16/h3,6-10,13,15-17,22,26H,4-5,11-12H2,1-2H3,(H,25,27). The molecule has 5 nitrogen and oxygen atoms in total. The Balaban J connectivity index is 1.50. The van der Waals surface area contributed by atoms with Crippen molar-refractivity contribution in [2.24, 2.45) is 17.8 Å². The topological polar surface area (TPSA) is 75.3 Å². The Morgan fingerprint density at radius 2 is 1.83 bits per heavy atom. The number of nitrogens with one attached hydrogen (secondary N) is 2. The molecule has 2 N–H and O–H groups in total. The number of fused-ring (bicyclic) bond motifs is 2. The van der Waals surface area contributed by atoms with Crippen LogP contribution in [-0.4, -0.2) is 20.4 Å². The fourth-order valence-electron chi connectivity index (χ4n) is 5.04. The first-order chi connectivity index (χ1) is 14.2. The minimum absolute atomic E-state index is 0.00449. The van der Waals surface area contributed by atoms with Crippen LogP contribution in [0, 0.1) is 30.5 Å². The molecule has 2 fully saturated rings. The second kappa shape index (κ2) is 8.02. The van der Waals surface area contributed by atoms with Crippen molar-refractivity contribution in [2.75, 3.05) is 4.72 Å². The van der Waals surface area contributed by atoms with E-state index in [4.69, 9.17) is 0 Å². The predicted octanol–water partition coefficient (Wildman–Crippen LogP) is 4.49. The van der Waals surface area contributed by atoms with E-state index in [1.54, 1.807) is 13.0 Å². The lowest BCUT2D eigenvalue weighted by molar-refractivity contribution is 0.0914. The Labute approximate surface area is 177 Å². The number of benzene rings is 2. The number of halogens is 1. The first-order valence-electron chi connectivity index (χ1n) is 10.4. The number of carbonyl (C=O) groups is 1. The van der Waals surface area contributed by atoms with Crippen LogP contribution >= 0.6 is 0 Å². The van der Waals surface area contributed by atoms with E-state index in [0.717, 1.165) is 5.92 Å². The second-order valence-corrected chi connectivity index (χ2v) is 10.4. The fourth-order valence-corrected chi connectivity index (χ4v) is 6.13. The van der Waals surface area contributed by atoms with Gasteiger partial charge in [0.1, 0.15) is 5.82 Å². The van der Waals surface area contributed by atoms with Crippen LogP contribution < -0.4 is 10.0 Å². The number of rotatable bonds is 6. The highest BCUT2D eigenvalue weighted by molar-refractivity contribution is 7.92. The Kier molecular flexibility index (Phi) is 5.57. The van der Waals surface area contributed by atoms with Crippen molar-refractivity contribution in [3.05, 3.63) is 59.4 Å². The normalized spacial score (nSPS) is 23.9. The molecular formula is C23H27FN2O3S. The second-order valence-electron chi connectivity index (χ2n) is 8.69. The van der Waals surface area contributed by atoms with Gasteiger partial charge in [0.25, 0.3) is 15.9 Å². The van der Waals surface area contributed by atoms with Crippen molar-refractivity contribution < 1.29 is 17.6 Å². The van der Waals surface area contributed by atoms with Gasteiger partial charge in [0.15, 0.2) is 0 Å². The summed E-state index contributed by atoms with van der Waals surface area (Å²) in [5, 5.41) is 3.10. The first-order valence-corrected chi connectivity index (χ1v) is 11.9. The molecule has 4 unspecified atom stereocenters. The molecule has 0 radical (unpaired) electrons. The van der Waals surface area contributed by atoms with Crippen LogP contribution in [0.2, 0.25) is 0 Å². The molecule has 0 heterocycles. The SMILES string of the molecule is Cc1ccc(S(=O)(=O)Nc2ccc(F)cc2)cc1C(=O)NC(C)C1CC2CCC1C2. The van der Waals surface area contributed by atoms with Gasteiger partial charge in [-0.15, -0.1) is 0 Å². The summed E-state index contributed by atoms with van der Waals surface area (Å²) < 4.78 is 41.0. The molecule has 2 aliphatic rings. The molecule has 0 saturated heterocycles. The van der Waals surface area contributed by atoms with Gasteiger partial charge in [-0.05, 0) is 92.8 Å². The summed E-state index contributed by atoms with van der Waals surface area (Å²) in [5.41, 5.74) is 1.33. The van der Waals surface area contributed by atoms with Crippen LogP contribution in [0.3, 0.4) is 0 Å². The van der Waals surface area contributed by atoms with Gasteiger partial charge in [-0.1, -0.05) is 12.5 Å². The lowest BCUT2D eigenvalue weighted by atomic mass is 9.84. The zero-order valence-electron chi connectivity index (χ0n) is 17.2. The van der Waals surface area contributed by atoms with E-state index in [1.165, 1.54) is 62.1 Å². The summed E-state index contributed by atoms with van der Waals surface area (Å²) in [4.78, 5) is 12.9. The van der Waals surface area contributed by atoms with Gasteiger partial charge in [0.2, 0.25) is 0 Å². The van der Waals surface area contributed by atoms with Crippen molar-refractivity contribution in [3.8, 4) is 0 Å². The van der Waals surface area contributed by atoms with Crippen molar-refractivity contribution in [1.29, 1.82) is 0 Å². The minimum Gasteiger partial charge on any atom is -0.349 e. The van der Waals surface area contributed by atoms with E-state index in [-0.39, 0.29) is 22.5 Å². The van der Waals surface area contributed by atoms with E-state index < -0.39 is 15.8 Å². The van der Waals surface area contributed by atoms with Crippen LogP contribution in [0.4, 0.5) is 10.1 Å². The third kappa shape index (κ3) is 4.21. The summed E-state index contributed by atoms with van der Waals surface area (Å²) in [7, 11) is -3.90. The fraction of sp³-hybridized carbons (Fsp3) is 0.435. The number of amides is 1. The summed E-state index contributed by atoms with van der Waals surface area (Å²) in [6.07, 6.45) is 4.99. The molecule has 4 atom stereocenters. The van der Waals surface area contributed by atoms with Crippen molar-refractivity contribution in [1.82, 2.24) is 5.32 Å². The maximum atomic E-state index is 13.1. The Morgan fingerprint density at radius 1 is 1.10 bits per heavy atom. The van der Waals surface area contributed by atoms with Crippen molar-refractivity contribution in [2.45, 2.75) is 50.5 Å². The summed E-state index contributed by atoms with van der Waals surface area (Å²) in [6.45, 7) is 3.84. The van der Waals surface area contributed by atoms with E-state index in [2.05, 4.69) is 17.0 Å². The molecule has 2 aromatic carbocycles. The molecule has 0 spiro atoms.